The van der Waals surface area contributed by atoms with Gasteiger partial charge in [-0.1, -0.05) is 19.8 Å². The Morgan fingerprint density at radius 1 is 1.17 bits per heavy atom. The van der Waals surface area contributed by atoms with Gasteiger partial charge in [-0.25, -0.2) is 0 Å². The minimum Gasteiger partial charge on any atom is -0.395 e. The third-order valence-corrected chi connectivity index (χ3v) is 5.08. The van der Waals surface area contributed by atoms with Crippen LogP contribution in [-0.4, -0.2) is 47.0 Å². The van der Waals surface area contributed by atoms with Crippen molar-refractivity contribution in [2.75, 3.05) is 19.7 Å². The van der Waals surface area contributed by atoms with E-state index in [4.69, 9.17) is 0 Å². The van der Waals surface area contributed by atoms with E-state index in [0.717, 1.165) is 25.4 Å². The molecule has 0 saturated heterocycles. The Hall–Kier alpha value is -0.120. The molecule has 3 heteroatoms. The summed E-state index contributed by atoms with van der Waals surface area (Å²) in [6, 6.07) is 0.673. The Kier molecular flexibility index (Phi) is 5.46. The molecule has 0 spiro atoms. The fraction of sp³-hybridized carbons (Fsp3) is 1.00. The lowest BCUT2D eigenvalue weighted by Crippen LogP contribution is -2.47. The standard InChI is InChI=1S/C15H29NO2/c1-2-12-6-7-15(18)13(10-12)11-16(8-9-17)14-4-3-5-14/h12-15,17-18H,2-11H2,1H3. The number of aliphatic hydroxyl groups excluding tert-OH is 2. The highest BCUT2D eigenvalue weighted by Crippen LogP contribution is 2.33. The van der Waals surface area contributed by atoms with E-state index in [1.54, 1.807) is 0 Å². The molecule has 2 N–H and O–H groups in total. The number of nitrogens with zero attached hydrogens (tertiary/aromatic N) is 1. The molecule has 3 unspecified atom stereocenters. The van der Waals surface area contributed by atoms with Crippen molar-refractivity contribution in [3.63, 3.8) is 0 Å². The quantitative estimate of drug-likeness (QED) is 0.763. The van der Waals surface area contributed by atoms with Crippen molar-refractivity contribution in [2.45, 2.75) is 64.0 Å². The molecule has 0 heterocycles. The summed E-state index contributed by atoms with van der Waals surface area (Å²) < 4.78 is 0. The van der Waals surface area contributed by atoms with Crippen molar-refractivity contribution in [3.8, 4) is 0 Å². The molecular weight excluding hydrogens is 226 g/mol. The van der Waals surface area contributed by atoms with Gasteiger partial charge in [0.1, 0.15) is 0 Å². The summed E-state index contributed by atoms with van der Waals surface area (Å²) >= 11 is 0. The number of hydrogen-bond donors (Lipinski definition) is 2. The van der Waals surface area contributed by atoms with Gasteiger partial charge in [0.15, 0.2) is 0 Å². The van der Waals surface area contributed by atoms with Gasteiger partial charge in [0, 0.05) is 19.1 Å². The highest BCUT2D eigenvalue weighted by molar-refractivity contribution is 4.86. The van der Waals surface area contributed by atoms with Crippen LogP contribution in [0.2, 0.25) is 0 Å². The average molecular weight is 255 g/mol. The summed E-state index contributed by atoms with van der Waals surface area (Å²) in [7, 11) is 0. The molecule has 0 aromatic rings. The first kappa shape index (κ1) is 14.3. The van der Waals surface area contributed by atoms with Crippen molar-refractivity contribution < 1.29 is 10.2 Å². The molecule has 3 nitrogen and oxygen atoms in total. The highest BCUT2D eigenvalue weighted by atomic mass is 16.3. The van der Waals surface area contributed by atoms with Crippen LogP contribution in [0.3, 0.4) is 0 Å². The fourth-order valence-electron chi connectivity index (χ4n) is 3.52. The molecule has 0 aromatic heterocycles. The zero-order valence-electron chi connectivity index (χ0n) is 11.7. The van der Waals surface area contributed by atoms with Gasteiger partial charge in [-0.15, -0.1) is 0 Å². The molecule has 2 saturated carbocycles. The highest BCUT2D eigenvalue weighted by Gasteiger charge is 2.32. The second-order valence-corrected chi connectivity index (χ2v) is 6.22. The van der Waals surface area contributed by atoms with Crippen LogP contribution >= 0.6 is 0 Å². The lowest BCUT2D eigenvalue weighted by Gasteiger charge is -2.42. The van der Waals surface area contributed by atoms with Gasteiger partial charge in [0.05, 0.1) is 12.7 Å². The molecular formula is C15H29NO2. The molecule has 2 rings (SSSR count). The van der Waals surface area contributed by atoms with Crippen LogP contribution in [0.4, 0.5) is 0 Å². The number of aliphatic hydroxyl groups is 2. The first-order valence-corrected chi connectivity index (χ1v) is 7.77. The summed E-state index contributed by atoms with van der Waals surface area (Å²) in [6.07, 6.45) is 8.35. The zero-order chi connectivity index (χ0) is 13.0. The van der Waals surface area contributed by atoms with Crippen LogP contribution in [0.25, 0.3) is 0 Å². The third kappa shape index (κ3) is 3.46. The van der Waals surface area contributed by atoms with E-state index in [1.807, 2.05) is 0 Å². The van der Waals surface area contributed by atoms with E-state index in [2.05, 4.69) is 11.8 Å². The van der Waals surface area contributed by atoms with Gasteiger partial charge in [-0.05, 0) is 43.9 Å². The second kappa shape index (κ2) is 6.88. The maximum absolute atomic E-state index is 10.2. The number of rotatable bonds is 6. The molecule has 0 amide bonds. The summed E-state index contributed by atoms with van der Waals surface area (Å²) in [6.45, 7) is 4.28. The third-order valence-electron chi connectivity index (χ3n) is 5.08. The summed E-state index contributed by atoms with van der Waals surface area (Å²) in [5, 5.41) is 19.4. The first-order chi connectivity index (χ1) is 8.74. The smallest absolute Gasteiger partial charge is 0.0580 e. The lowest BCUT2D eigenvalue weighted by molar-refractivity contribution is 0.00349. The Labute approximate surface area is 111 Å². The topological polar surface area (TPSA) is 43.7 Å². The van der Waals surface area contributed by atoms with E-state index in [1.165, 1.54) is 38.5 Å². The molecule has 2 aliphatic rings. The van der Waals surface area contributed by atoms with Crippen molar-refractivity contribution >= 4 is 0 Å². The fourth-order valence-corrected chi connectivity index (χ4v) is 3.52. The predicted molar refractivity (Wildman–Crippen MR) is 73.4 cm³/mol. The van der Waals surface area contributed by atoms with Gasteiger partial charge in [-0.2, -0.15) is 0 Å². The molecule has 18 heavy (non-hydrogen) atoms. The average Bonchev–Trinajstić information content (AvgIpc) is 2.30. The number of hydrogen-bond acceptors (Lipinski definition) is 3. The first-order valence-electron chi connectivity index (χ1n) is 7.77. The van der Waals surface area contributed by atoms with Crippen molar-refractivity contribution in [2.24, 2.45) is 11.8 Å². The molecule has 0 aromatic carbocycles. The minimum absolute atomic E-state index is 0.117. The second-order valence-electron chi connectivity index (χ2n) is 6.22. The Morgan fingerprint density at radius 3 is 2.50 bits per heavy atom. The van der Waals surface area contributed by atoms with Crippen LogP contribution in [0.5, 0.6) is 0 Å². The SMILES string of the molecule is CCC1CCC(O)C(CN(CCO)C2CCC2)C1. The van der Waals surface area contributed by atoms with Crippen LogP contribution in [0.15, 0.2) is 0 Å². The lowest BCUT2D eigenvalue weighted by atomic mass is 9.77. The normalized spacial score (nSPS) is 33.7. The van der Waals surface area contributed by atoms with Crippen molar-refractivity contribution in [1.82, 2.24) is 4.90 Å². The van der Waals surface area contributed by atoms with Gasteiger partial charge in [0.25, 0.3) is 0 Å². The molecule has 0 aliphatic heterocycles. The summed E-state index contributed by atoms with van der Waals surface area (Å²) in [4.78, 5) is 2.43. The van der Waals surface area contributed by atoms with Crippen molar-refractivity contribution in [3.05, 3.63) is 0 Å². The van der Waals surface area contributed by atoms with E-state index in [9.17, 15) is 10.2 Å². The van der Waals surface area contributed by atoms with Gasteiger partial charge >= 0.3 is 0 Å². The molecule has 2 fully saturated rings. The van der Waals surface area contributed by atoms with Crippen LogP contribution in [-0.2, 0) is 0 Å². The Morgan fingerprint density at radius 2 is 1.94 bits per heavy atom. The van der Waals surface area contributed by atoms with Gasteiger partial charge < -0.3 is 10.2 Å². The molecule has 3 atom stereocenters. The minimum atomic E-state index is -0.117. The molecule has 106 valence electrons. The molecule has 2 aliphatic carbocycles. The van der Waals surface area contributed by atoms with E-state index in [-0.39, 0.29) is 12.7 Å². The predicted octanol–water partition coefficient (Wildman–Crippen LogP) is 2.02. The van der Waals surface area contributed by atoms with Crippen LogP contribution < -0.4 is 0 Å². The monoisotopic (exact) mass is 255 g/mol. The summed E-state index contributed by atoms with van der Waals surface area (Å²) in [5.74, 6) is 1.23. The largest absolute Gasteiger partial charge is 0.395 e. The van der Waals surface area contributed by atoms with E-state index in [0.29, 0.717) is 12.0 Å². The molecule has 0 bridgehead atoms. The van der Waals surface area contributed by atoms with Crippen LogP contribution in [0, 0.1) is 11.8 Å². The summed E-state index contributed by atoms with van der Waals surface area (Å²) in [5.41, 5.74) is 0. The Balaban J connectivity index is 1.87. The Bertz CT molecular complexity index is 243. The van der Waals surface area contributed by atoms with E-state index < -0.39 is 0 Å². The maximum Gasteiger partial charge on any atom is 0.0580 e. The van der Waals surface area contributed by atoms with E-state index >= 15 is 0 Å². The zero-order valence-corrected chi connectivity index (χ0v) is 11.7. The van der Waals surface area contributed by atoms with Crippen LogP contribution in [0.1, 0.15) is 51.9 Å². The van der Waals surface area contributed by atoms with Crippen molar-refractivity contribution in [1.29, 1.82) is 0 Å². The molecule has 0 radical (unpaired) electrons. The maximum atomic E-state index is 10.2. The van der Waals surface area contributed by atoms with Gasteiger partial charge in [-0.3, -0.25) is 4.90 Å². The van der Waals surface area contributed by atoms with Gasteiger partial charge in [0.2, 0.25) is 0 Å².